The summed E-state index contributed by atoms with van der Waals surface area (Å²) in [5.41, 5.74) is 0. The fourth-order valence-corrected chi connectivity index (χ4v) is 1.31. The number of ether oxygens (including phenoxy) is 1. The van der Waals surface area contributed by atoms with Crippen LogP contribution in [0.15, 0.2) is 0 Å². The molecule has 12 heavy (non-hydrogen) atoms. The maximum Gasteiger partial charge on any atom is 0.0580 e. The maximum absolute atomic E-state index is 5.69. The van der Waals surface area contributed by atoms with E-state index < -0.39 is 0 Å². The molecule has 0 aliphatic heterocycles. The molecule has 0 saturated carbocycles. The van der Waals surface area contributed by atoms with E-state index in [4.69, 9.17) is 4.74 Å². The van der Waals surface area contributed by atoms with Gasteiger partial charge in [-0.3, -0.25) is 0 Å². The summed E-state index contributed by atoms with van der Waals surface area (Å²) >= 11 is 4.20. The van der Waals surface area contributed by atoms with Crippen LogP contribution in [0, 0.1) is 5.92 Å². The molecule has 0 N–H and O–H groups in total. The standard InChI is InChI=1S/C10H22OS/c1-4-10(6-8-12)11-7-5-9(2)3/h9-10,12H,4-8H2,1-3H3. The maximum atomic E-state index is 5.69. The molecule has 1 unspecified atom stereocenters. The van der Waals surface area contributed by atoms with Crippen molar-refractivity contribution in [2.75, 3.05) is 12.4 Å². The van der Waals surface area contributed by atoms with E-state index in [2.05, 4.69) is 33.4 Å². The summed E-state index contributed by atoms with van der Waals surface area (Å²) in [6.07, 6.45) is 3.79. The summed E-state index contributed by atoms with van der Waals surface area (Å²) < 4.78 is 5.69. The second-order valence-corrected chi connectivity index (χ2v) is 4.04. The smallest absolute Gasteiger partial charge is 0.0580 e. The first-order chi connectivity index (χ1) is 5.70. The van der Waals surface area contributed by atoms with Gasteiger partial charge >= 0.3 is 0 Å². The van der Waals surface area contributed by atoms with Crippen molar-refractivity contribution in [3.05, 3.63) is 0 Å². The van der Waals surface area contributed by atoms with Crippen LogP contribution in [0.4, 0.5) is 0 Å². The average Bonchev–Trinajstić information content (AvgIpc) is 2.02. The third kappa shape index (κ3) is 6.99. The van der Waals surface area contributed by atoms with Gasteiger partial charge in [0.15, 0.2) is 0 Å². The molecule has 0 amide bonds. The molecule has 2 heteroatoms. The molecule has 0 bridgehead atoms. The van der Waals surface area contributed by atoms with Crippen LogP contribution in [-0.4, -0.2) is 18.5 Å². The highest BCUT2D eigenvalue weighted by atomic mass is 32.1. The summed E-state index contributed by atoms with van der Waals surface area (Å²) in [6, 6.07) is 0. The Labute approximate surface area is 82.3 Å². The molecule has 0 radical (unpaired) electrons. The second-order valence-electron chi connectivity index (χ2n) is 3.60. The average molecular weight is 190 g/mol. The molecule has 0 aliphatic rings. The van der Waals surface area contributed by atoms with Crippen LogP contribution in [0.3, 0.4) is 0 Å². The van der Waals surface area contributed by atoms with Gasteiger partial charge in [0.1, 0.15) is 0 Å². The first-order valence-corrected chi connectivity index (χ1v) is 5.56. The van der Waals surface area contributed by atoms with Crippen molar-refractivity contribution in [2.45, 2.75) is 46.1 Å². The minimum absolute atomic E-state index is 0.432. The molecule has 1 atom stereocenters. The van der Waals surface area contributed by atoms with E-state index in [1.54, 1.807) is 0 Å². The molecule has 0 aromatic heterocycles. The molecule has 1 nitrogen and oxygen atoms in total. The van der Waals surface area contributed by atoms with Gasteiger partial charge in [0.2, 0.25) is 0 Å². The highest BCUT2D eigenvalue weighted by Gasteiger charge is 2.04. The summed E-state index contributed by atoms with van der Waals surface area (Å²) in [6.45, 7) is 7.53. The van der Waals surface area contributed by atoms with Crippen LogP contribution in [0.1, 0.15) is 40.0 Å². The molecule has 0 saturated heterocycles. The Morgan fingerprint density at radius 2 is 1.92 bits per heavy atom. The Hall–Kier alpha value is 0.310. The van der Waals surface area contributed by atoms with Crippen molar-refractivity contribution in [1.82, 2.24) is 0 Å². The van der Waals surface area contributed by atoms with Gasteiger partial charge in [0.05, 0.1) is 6.10 Å². The van der Waals surface area contributed by atoms with Gasteiger partial charge in [-0.05, 0) is 30.9 Å². The monoisotopic (exact) mass is 190 g/mol. The SMILES string of the molecule is CCC(CCS)OCCC(C)C. The lowest BCUT2D eigenvalue weighted by molar-refractivity contribution is 0.0426. The lowest BCUT2D eigenvalue weighted by atomic mass is 10.1. The van der Waals surface area contributed by atoms with Crippen molar-refractivity contribution in [3.63, 3.8) is 0 Å². The summed E-state index contributed by atoms with van der Waals surface area (Å²) in [5, 5.41) is 0. The van der Waals surface area contributed by atoms with E-state index in [-0.39, 0.29) is 0 Å². The van der Waals surface area contributed by atoms with Gasteiger partial charge in [0.25, 0.3) is 0 Å². The lowest BCUT2D eigenvalue weighted by Crippen LogP contribution is -2.14. The van der Waals surface area contributed by atoms with Crippen LogP contribution in [0.2, 0.25) is 0 Å². The lowest BCUT2D eigenvalue weighted by Gasteiger charge is -2.15. The Balaban J connectivity index is 3.31. The fourth-order valence-electron chi connectivity index (χ4n) is 1.02. The molecule has 74 valence electrons. The number of thiol groups is 1. The van der Waals surface area contributed by atoms with Crippen molar-refractivity contribution in [2.24, 2.45) is 5.92 Å². The van der Waals surface area contributed by atoms with E-state index in [0.29, 0.717) is 6.10 Å². The Morgan fingerprint density at radius 1 is 1.25 bits per heavy atom. The largest absolute Gasteiger partial charge is 0.378 e. The predicted octanol–water partition coefficient (Wildman–Crippen LogP) is 3.15. The van der Waals surface area contributed by atoms with Crippen molar-refractivity contribution >= 4 is 12.6 Å². The number of hydrogen-bond donors (Lipinski definition) is 1. The second kappa shape index (κ2) is 7.93. The molecular formula is C10H22OS. The predicted molar refractivity (Wildman–Crippen MR) is 58.0 cm³/mol. The molecule has 0 fully saturated rings. The molecule has 0 rings (SSSR count). The zero-order chi connectivity index (χ0) is 9.40. The first kappa shape index (κ1) is 12.3. The number of hydrogen-bond acceptors (Lipinski definition) is 2. The minimum atomic E-state index is 0.432. The highest BCUT2D eigenvalue weighted by molar-refractivity contribution is 7.80. The van der Waals surface area contributed by atoms with Crippen LogP contribution < -0.4 is 0 Å². The topological polar surface area (TPSA) is 9.23 Å². The Bertz CT molecular complexity index is 93.8. The van der Waals surface area contributed by atoms with Gasteiger partial charge in [-0.1, -0.05) is 20.8 Å². The molecule has 0 aromatic carbocycles. The first-order valence-electron chi connectivity index (χ1n) is 4.93. The van der Waals surface area contributed by atoms with Gasteiger partial charge in [-0.15, -0.1) is 0 Å². The normalized spacial score (nSPS) is 13.8. The zero-order valence-corrected chi connectivity index (χ0v) is 9.44. The van der Waals surface area contributed by atoms with E-state index in [9.17, 15) is 0 Å². The third-order valence-corrected chi connectivity index (χ3v) is 2.21. The van der Waals surface area contributed by atoms with Crippen LogP contribution in [0.5, 0.6) is 0 Å². The fraction of sp³-hybridized carbons (Fsp3) is 1.00. The van der Waals surface area contributed by atoms with Crippen molar-refractivity contribution in [1.29, 1.82) is 0 Å². The van der Waals surface area contributed by atoms with Gasteiger partial charge < -0.3 is 4.74 Å². The van der Waals surface area contributed by atoms with E-state index in [1.807, 2.05) is 0 Å². The van der Waals surface area contributed by atoms with Gasteiger partial charge in [-0.2, -0.15) is 12.6 Å². The summed E-state index contributed by atoms with van der Waals surface area (Å²) in [4.78, 5) is 0. The van der Waals surface area contributed by atoms with E-state index >= 15 is 0 Å². The molecule has 0 heterocycles. The number of rotatable bonds is 7. The van der Waals surface area contributed by atoms with E-state index in [0.717, 1.165) is 31.1 Å². The van der Waals surface area contributed by atoms with Crippen LogP contribution in [0.25, 0.3) is 0 Å². The van der Waals surface area contributed by atoms with E-state index in [1.165, 1.54) is 6.42 Å². The van der Waals surface area contributed by atoms with Crippen molar-refractivity contribution < 1.29 is 4.74 Å². The quantitative estimate of drug-likeness (QED) is 0.607. The molecule has 0 aromatic rings. The summed E-state index contributed by atoms with van der Waals surface area (Å²) in [5.74, 6) is 1.68. The zero-order valence-electron chi connectivity index (χ0n) is 8.55. The Kier molecular flexibility index (Phi) is 8.14. The Morgan fingerprint density at radius 3 is 2.33 bits per heavy atom. The molecular weight excluding hydrogens is 168 g/mol. The molecule has 0 aliphatic carbocycles. The van der Waals surface area contributed by atoms with Crippen molar-refractivity contribution in [3.8, 4) is 0 Å². The minimum Gasteiger partial charge on any atom is -0.378 e. The summed E-state index contributed by atoms with van der Waals surface area (Å²) in [7, 11) is 0. The third-order valence-electron chi connectivity index (χ3n) is 1.96. The van der Waals surface area contributed by atoms with Gasteiger partial charge in [-0.25, -0.2) is 0 Å². The molecule has 0 spiro atoms. The van der Waals surface area contributed by atoms with Crippen LogP contribution >= 0.6 is 12.6 Å². The van der Waals surface area contributed by atoms with Crippen LogP contribution in [-0.2, 0) is 4.74 Å². The highest BCUT2D eigenvalue weighted by Crippen LogP contribution is 2.07. The van der Waals surface area contributed by atoms with Gasteiger partial charge in [0, 0.05) is 6.61 Å².